The van der Waals surface area contributed by atoms with Crippen LogP contribution in [0.2, 0.25) is 0 Å². The highest BCUT2D eigenvalue weighted by molar-refractivity contribution is 6.45. The molecule has 1 aliphatic carbocycles. The van der Waals surface area contributed by atoms with Crippen molar-refractivity contribution in [3.63, 3.8) is 0 Å². The molecular formula is C13H22N4O2. The molecule has 2 aliphatic rings. The van der Waals surface area contributed by atoms with Crippen molar-refractivity contribution in [1.82, 2.24) is 15.5 Å². The molecule has 1 aliphatic heterocycles. The number of nitrogens with one attached hydrogen (secondary N) is 2. The van der Waals surface area contributed by atoms with Gasteiger partial charge in [0.2, 0.25) is 5.96 Å². The van der Waals surface area contributed by atoms with Crippen molar-refractivity contribution >= 4 is 17.8 Å². The van der Waals surface area contributed by atoms with Crippen LogP contribution < -0.4 is 10.6 Å². The fraction of sp³-hybridized carbons (Fsp3) is 0.769. The number of rotatable bonds is 5. The summed E-state index contributed by atoms with van der Waals surface area (Å²) in [6.07, 6.45) is 7.60. The summed E-state index contributed by atoms with van der Waals surface area (Å²) in [5.74, 6) is -0.966. The maximum atomic E-state index is 10.9. The Morgan fingerprint density at radius 2 is 1.79 bits per heavy atom. The maximum Gasteiger partial charge on any atom is 0.316 e. The number of carbonyl (C=O) groups is 2. The number of nitrogens with zero attached hydrogens (tertiary/aromatic N) is 2. The first kappa shape index (κ1) is 14.0. The molecule has 0 spiro atoms. The molecular weight excluding hydrogens is 244 g/mol. The van der Waals surface area contributed by atoms with Gasteiger partial charge in [-0.1, -0.05) is 19.3 Å². The van der Waals surface area contributed by atoms with Crippen LogP contribution in [-0.4, -0.2) is 48.9 Å². The largest absolute Gasteiger partial charge is 0.316 e. The molecule has 2 rings (SSSR count). The van der Waals surface area contributed by atoms with E-state index in [0.717, 1.165) is 13.0 Å². The van der Waals surface area contributed by atoms with Crippen molar-refractivity contribution in [2.75, 3.05) is 20.1 Å². The summed E-state index contributed by atoms with van der Waals surface area (Å²) in [5.41, 5.74) is 0. The Labute approximate surface area is 113 Å². The van der Waals surface area contributed by atoms with E-state index >= 15 is 0 Å². The third-order valence-corrected chi connectivity index (χ3v) is 3.81. The van der Waals surface area contributed by atoms with Crippen molar-refractivity contribution in [2.24, 2.45) is 4.99 Å². The fourth-order valence-corrected chi connectivity index (χ4v) is 2.65. The standard InChI is InChI=1S/C13H22N4O2/c1-17(10-6-3-2-4-7-10)9-5-8-14-13-15-11(18)12(19)16-13/h10H,2-9H2,1H3,(H2,14,15,16,18,19). The topological polar surface area (TPSA) is 73.8 Å². The number of carbonyl (C=O) groups excluding carboxylic acids is 2. The predicted molar refractivity (Wildman–Crippen MR) is 72.7 cm³/mol. The third kappa shape index (κ3) is 4.02. The van der Waals surface area contributed by atoms with Gasteiger partial charge < -0.3 is 4.90 Å². The van der Waals surface area contributed by atoms with Crippen LogP contribution in [0.3, 0.4) is 0 Å². The monoisotopic (exact) mass is 266 g/mol. The minimum absolute atomic E-state index is 0.287. The van der Waals surface area contributed by atoms with Crippen LogP contribution in [0.1, 0.15) is 38.5 Å². The number of amides is 2. The zero-order chi connectivity index (χ0) is 13.7. The van der Waals surface area contributed by atoms with Gasteiger partial charge in [0.15, 0.2) is 0 Å². The van der Waals surface area contributed by atoms with Crippen LogP contribution in [0.15, 0.2) is 4.99 Å². The molecule has 1 saturated heterocycles. The molecule has 1 heterocycles. The lowest BCUT2D eigenvalue weighted by molar-refractivity contribution is -0.135. The first-order valence-electron chi connectivity index (χ1n) is 7.04. The second-order valence-corrected chi connectivity index (χ2v) is 5.26. The number of hydrogen-bond donors (Lipinski definition) is 2. The number of aliphatic imine (C=N–C) groups is 1. The maximum absolute atomic E-state index is 10.9. The molecule has 1 saturated carbocycles. The summed E-state index contributed by atoms with van der Waals surface area (Å²) < 4.78 is 0. The van der Waals surface area contributed by atoms with Gasteiger partial charge in [0.25, 0.3) is 0 Å². The van der Waals surface area contributed by atoms with Gasteiger partial charge in [-0.3, -0.25) is 25.2 Å². The lowest BCUT2D eigenvalue weighted by Crippen LogP contribution is -2.34. The van der Waals surface area contributed by atoms with Crippen molar-refractivity contribution in [2.45, 2.75) is 44.6 Å². The second-order valence-electron chi connectivity index (χ2n) is 5.26. The van der Waals surface area contributed by atoms with E-state index in [1.807, 2.05) is 0 Å². The van der Waals surface area contributed by atoms with Gasteiger partial charge in [-0.2, -0.15) is 0 Å². The van der Waals surface area contributed by atoms with Gasteiger partial charge in [-0.25, -0.2) is 0 Å². The summed E-state index contributed by atoms with van der Waals surface area (Å²) in [6, 6.07) is 0.715. The van der Waals surface area contributed by atoms with Gasteiger partial charge in [-0.15, -0.1) is 0 Å². The summed E-state index contributed by atoms with van der Waals surface area (Å²) in [4.78, 5) is 28.4. The Balaban J connectivity index is 1.65. The minimum Gasteiger partial charge on any atom is -0.303 e. The Hall–Kier alpha value is -1.43. The first-order valence-corrected chi connectivity index (χ1v) is 7.04. The van der Waals surface area contributed by atoms with Crippen molar-refractivity contribution in [3.8, 4) is 0 Å². The molecule has 0 radical (unpaired) electrons. The summed E-state index contributed by atoms with van der Waals surface area (Å²) in [6.45, 7) is 1.62. The lowest BCUT2D eigenvalue weighted by atomic mass is 9.94. The van der Waals surface area contributed by atoms with Gasteiger partial charge in [0, 0.05) is 12.6 Å². The van der Waals surface area contributed by atoms with Crippen LogP contribution in [0.5, 0.6) is 0 Å². The highest BCUT2D eigenvalue weighted by Crippen LogP contribution is 2.21. The zero-order valence-electron chi connectivity index (χ0n) is 11.4. The Bertz CT molecular complexity index is 357. The number of hydrogen-bond acceptors (Lipinski definition) is 4. The van der Waals surface area contributed by atoms with Crippen molar-refractivity contribution in [3.05, 3.63) is 0 Å². The molecule has 0 aromatic rings. The van der Waals surface area contributed by atoms with E-state index in [-0.39, 0.29) is 5.96 Å². The molecule has 106 valence electrons. The highest BCUT2D eigenvalue weighted by atomic mass is 16.2. The smallest absolute Gasteiger partial charge is 0.303 e. The van der Waals surface area contributed by atoms with Crippen molar-refractivity contribution < 1.29 is 9.59 Å². The Morgan fingerprint density at radius 1 is 1.16 bits per heavy atom. The summed E-state index contributed by atoms with van der Waals surface area (Å²) >= 11 is 0. The molecule has 2 N–H and O–H groups in total. The quantitative estimate of drug-likeness (QED) is 0.553. The van der Waals surface area contributed by atoms with E-state index in [1.165, 1.54) is 32.1 Å². The van der Waals surface area contributed by atoms with E-state index < -0.39 is 11.8 Å². The summed E-state index contributed by atoms with van der Waals surface area (Å²) in [5, 5.41) is 4.78. The lowest BCUT2D eigenvalue weighted by Gasteiger charge is -2.30. The average Bonchev–Trinajstić information content (AvgIpc) is 2.74. The van der Waals surface area contributed by atoms with E-state index in [1.54, 1.807) is 0 Å². The van der Waals surface area contributed by atoms with Crippen LogP contribution >= 0.6 is 0 Å². The molecule has 2 amide bonds. The van der Waals surface area contributed by atoms with E-state index in [4.69, 9.17) is 0 Å². The molecule has 0 aromatic carbocycles. The second kappa shape index (κ2) is 6.65. The third-order valence-electron chi connectivity index (χ3n) is 3.81. The minimum atomic E-state index is -0.627. The zero-order valence-corrected chi connectivity index (χ0v) is 11.4. The first-order chi connectivity index (χ1) is 9.16. The molecule has 2 fully saturated rings. The predicted octanol–water partition coefficient (Wildman–Crippen LogP) is 0.243. The molecule has 6 heteroatoms. The molecule has 0 unspecified atom stereocenters. The van der Waals surface area contributed by atoms with Crippen LogP contribution in [0, 0.1) is 0 Å². The molecule has 0 aromatic heterocycles. The average molecular weight is 266 g/mol. The Kier molecular flexibility index (Phi) is 4.90. The van der Waals surface area contributed by atoms with Gasteiger partial charge in [0.1, 0.15) is 0 Å². The SMILES string of the molecule is CN(CCCN=C1NC(=O)C(=O)N1)C1CCCCC1. The van der Waals surface area contributed by atoms with Gasteiger partial charge in [0.05, 0.1) is 0 Å². The van der Waals surface area contributed by atoms with Gasteiger partial charge in [-0.05, 0) is 32.9 Å². The van der Waals surface area contributed by atoms with E-state index in [0.29, 0.717) is 12.6 Å². The highest BCUT2D eigenvalue weighted by Gasteiger charge is 2.24. The molecule has 19 heavy (non-hydrogen) atoms. The van der Waals surface area contributed by atoms with Crippen LogP contribution in [0.4, 0.5) is 0 Å². The molecule has 0 atom stereocenters. The van der Waals surface area contributed by atoms with E-state index in [9.17, 15) is 9.59 Å². The Morgan fingerprint density at radius 3 is 2.42 bits per heavy atom. The number of guanidine groups is 1. The molecule has 0 bridgehead atoms. The summed E-state index contributed by atoms with van der Waals surface area (Å²) in [7, 11) is 2.17. The van der Waals surface area contributed by atoms with Crippen LogP contribution in [-0.2, 0) is 9.59 Å². The van der Waals surface area contributed by atoms with Crippen LogP contribution in [0.25, 0.3) is 0 Å². The fourth-order valence-electron chi connectivity index (χ4n) is 2.65. The van der Waals surface area contributed by atoms with E-state index in [2.05, 4.69) is 27.6 Å². The molecule has 6 nitrogen and oxygen atoms in total. The normalized spacial score (nSPS) is 20.6. The van der Waals surface area contributed by atoms with Gasteiger partial charge >= 0.3 is 11.8 Å². The van der Waals surface area contributed by atoms with Crippen molar-refractivity contribution in [1.29, 1.82) is 0 Å².